The van der Waals surface area contributed by atoms with Crippen molar-refractivity contribution in [1.29, 1.82) is 0 Å². The minimum absolute atomic E-state index is 0.276. The second-order valence-corrected chi connectivity index (χ2v) is 4.00. The van der Waals surface area contributed by atoms with Crippen molar-refractivity contribution in [3.05, 3.63) is 0 Å². The molecule has 1 unspecified atom stereocenters. The first kappa shape index (κ1) is 16.4. The van der Waals surface area contributed by atoms with Gasteiger partial charge in [-0.3, -0.25) is 4.79 Å². The van der Waals surface area contributed by atoms with Crippen LogP contribution < -0.4 is 5.32 Å². The first-order chi connectivity index (χ1) is 8.00. The van der Waals surface area contributed by atoms with Crippen LogP contribution in [0.15, 0.2) is 0 Å². The molecule has 5 nitrogen and oxygen atoms in total. The molecule has 0 saturated carbocycles. The maximum absolute atomic E-state index is 11.6. The monoisotopic (exact) mass is 247 g/mol. The molecule has 0 rings (SSSR count). The zero-order chi connectivity index (χ0) is 13.3. The van der Waals surface area contributed by atoms with Crippen LogP contribution in [0.4, 0.5) is 0 Å². The number of nitrogens with one attached hydrogen (secondary N) is 1. The maximum atomic E-state index is 11.6. The molecule has 0 bridgehead atoms. The molecule has 1 amide bonds. The third-order valence-corrected chi connectivity index (χ3v) is 2.58. The van der Waals surface area contributed by atoms with Gasteiger partial charge in [-0.25, -0.2) is 0 Å². The number of rotatable bonds is 9. The molecule has 0 heterocycles. The van der Waals surface area contributed by atoms with E-state index < -0.39 is 5.60 Å². The Hall–Kier alpha value is -0.650. The van der Waals surface area contributed by atoms with Gasteiger partial charge in [-0.1, -0.05) is 13.3 Å². The number of hydrogen-bond acceptors (Lipinski definition) is 4. The van der Waals surface area contributed by atoms with Gasteiger partial charge >= 0.3 is 0 Å². The Bertz CT molecular complexity index is 223. The highest BCUT2D eigenvalue weighted by atomic mass is 16.7. The summed E-state index contributed by atoms with van der Waals surface area (Å²) in [5.74, 6) is -0.355. The van der Waals surface area contributed by atoms with Gasteiger partial charge in [-0.2, -0.15) is 0 Å². The van der Waals surface area contributed by atoms with E-state index in [4.69, 9.17) is 9.47 Å². The summed E-state index contributed by atoms with van der Waals surface area (Å²) in [4.78, 5) is 11.6. The predicted octanol–water partition coefficient (Wildman–Crippen LogP) is 1.05. The molecule has 0 aromatic rings. The van der Waals surface area contributed by atoms with Gasteiger partial charge in [-0.05, 0) is 20.3 Å². The summed E-state index contributed by atoms with van der Waals surface area (Å²) in [5.41, 5.74) is -1.34. The minimum Gasteiger partial charge on any atom is -0.380 e. The van der Waals surface area contributed by atoms with E-state index in [1.807, 2.05) is 13.8 Å². The van der Waals surface area contributed by atoms with Crippen LogP contribution in [0, 0.1) is 0 Å². The quantitative estimate of drug-likeness (QED) is 0.598. The van der Waals surface area contributed by atoms with Crippen LogP contribution in [0.25, 0.3) is 0 Å². The summed E-state index contributed by atoms with van der Waals surface area (Å²) in [7, 11) is 1.52. The fourth-order valence-electron chi connectivity index (χ4n) is 1.67. The van der Waals surface area contributed by atoms with Crippen LogP contribution in [-0.4, -0.2) is 43.2 Å². The van der Waals surface area contributed by atoms with Gasteiger partial charge < -0.3 is 19.9 Å². The number of aliphatic hydroxyl groups is 1. The smallest absolute Gasteiger partial charge is 0.251 e. The second kappa shape index (κ2) is 8.44. The van der Waals surface area contributed by atoms with Crippen LogP contribution >= 0.6 is 0 Å². The Balaban J connectivity index is 4.13. The highest BCUT2D eigenvalue weighted by Crippen LogP contribution is 2.18. The second-order valence-electron chi connectivity index (χ2n) is 4.00. The average molecular weight is 247 g/mol. The number of hydrogen-bond donors (Lipinski definition) is 2. The van der Waals surface area contributed by atoms with E-state index in [2.05, 4.69) is 5.32 Å². The van der Waals surface area contributed by atoms with Gasteiger partial charge in [0.05, 0.1) is 6.61 Å². The lowest BCUT2D eigenvalue weighted by atomic mass is 9.93. The number of carbonyl (C=O) groups excluding carboxylic acids is 1. The van der Waals surface area contributed by atoms with Crippen molar-refractivity contribution in [3.8, 4) is 0 Å². The van der Waals surface area contributed by atoms with Gasteiger partial charge in [0.25, 0.3) is 5.91 Å². The molecule has 0 saturated heterocycles. The van der Waals surface area contributed by atoms with Gasteiger partial charge in [0, 0.05) is 20.1 Å². The molecular formula is C12H25NO4. The molecule has 0 fully saturated rings. The number of ether oxygens (including phenoxy) is 2. The lowest BCUT2D eigenvalue weighted by Gasteiger charge is -2.26. The third-order valence-electron chi connectivity index (χ3n) is 2.58. The fraction of sp³-hybridized carbons (Fsp3) is 0.917. The lowest BCUT2D eigenvalue weighted by molar-refractivity contribution is -0.153. The Morgan fingerprint density at radius 3 is 2.47 bits per heavy atom. The third kappa shape index (κ3) is 6.00. The highest BCUT2D eigenvalue weighted by Gasteiger charge is 2.33. The van der Waals surface area contributed by atoms with Gasteiger partial charge in [0.1, 0.15) is 5.60 Å². The summed E-state index contributed by atoms with van der Waals surface area (Å²) in [6.07, 6.45) is 1.14. The van der Waals surface area contributed by atoms with Gasteiger partial charge in [-0.15, -0.1) is 0 Å². The standard InChI is InChI=1S/C12H25NO4/c1-5-7-12(15,11(14)13-4)8-9-17-10(3)16-6-2/h10,15H,5-9H2,1-4H3,(H,13,14)/t10?,12-/m1/s1. The van der Waals surface area contributed by atoms with Crippen molar-refractivity contribution >= 4 is 5.91 Å². The molecule has 0 aliphatic rings. The van der Waals surface area contributed by atoms with E-state index in [-0.39, 0.29) is 18.6 Å². The van der Waals surface area contributed by atoms with Crippen molar-refractivity contribution < 1.29 is 19.4 Å². The van der Waals surface area contributed by atoms with Crippen LogP contribution in [0.1, 0.15) is 40.0 Å². The molecule has 0 aliphatic heterocycles. The lowest BCUT2D eigenvalue weighted by Crippen LogP contribution is -2.46. The van der Waals surface area contributed by atoms with E-state index in [0.717, 1.165) is 6.42 Å². The zero-order valence-electron chi connectivity index (χ0n) is 11.3. The first-order valence-electron chi connectivity index (χ1n) is 6.18. The molecule has 102 valence electrons. The summed E-state index contributed by atoms with van der Waals surface area (Å²) >= 11 is 0. The highest BCUT2D eigenvalue weighted by molar-refractivity contribution is 5.84. The first-order valence-corrected chi connectivity index (χ1v) is 6.18. The number of likely N-dealkylation sites (N-methyl/N-ethyl adjacent to an activating group) is 1. The number of amides is 1. The maximum Gasteiger partial charge on any atom is 0.251 e. The molecule has 2 N–H and O–H groups in total. The summed E-state index contributed by atoms with van der Waals surface area (Å²) < 4.78 is 10.6. The van der Waals surface area contributed by atoms with Crippen molar-refractivity contribution in [2.24, 2.45) is 0 Å². The molecule has 0 aromatic heterocycles. The van der Waals surface area contributed by atoms with Crippen LogP contribution in [0.2, 0.25) is 0 Å². The van der Waals surface area contributed by atoms with E-state index in [0.29, 0.717) is 19.6 Å². The molecule has 0 aliphatic carbocycles. The van der Waals surface area contributed by atoms with Crippen LogP contribution in [0.3, 0.4) is 0 Å². The Kier molecular flexibility index (Phi) is 8.12. The SMILES string of the molecule is CCC[C@@](O)(CCOC(C)OCC)C(=O)NC. The van der Waals surface area contributed by atoms with Crippen molar-refractivity contribution in [1.82, 2.24) is 5.32 Å². The van der Waals surface area contributed by atoms with Crippen molar-refractivity contribution in [2.45, 2.75) is 51.9 Å². The minimum atomic E-state index is -1.34. The number of carbonyl (C=O) groups is 1. The van der Waals surface area contributed by atoms with Crippen molar-refractivity contribution in [2.75, 3.05) is 20.3 Å². The molecule has 2 atom stereocenters. The largest absolute Gasteiger partial charge is 0.380 e. The molecule has 0 aromatic carbocycles. The summed E-state index contributed by atoms with van der Waals surface area (Å²) in [6, 6.07) is 0. The van der Waals surface area contributed by atoms with Gasteiger partial charge in [0.2, 0.25) is 0 Å². The molecule has 0 spiro atoms. The Morgan fingerprint density at radius 1 is 1.35 bits per heavy atom. The summed E-state index contributed by atoms with van der Waals surface area (Å²) in [5, 5.41) is 12.7. The van der Waals surface area contributed by atoms with E-state index in [9.17, 15) is 9.90 Å². The molecule has 17 heavy (non-hydrogen) atoms. The van der Waals surface area contributed by atoms with Crippen LogP contribution in [0.5, 0.6) is 0 Å². The van der Waals surface area contributed by atoms with Crippen LogP contribution in [-0.2, 0) is 14.3 Å². The van der Waals surface area contributed by atoms with Crippen molar-refractivity contribution in [3.63, 3.8) is 0 Å². The molecule has 5 heteroatoms. The molecule has 0 radical (unpaired) electrons. The normalized spacial score (nSPS) is 16.3. The average Bonchev–Trinajstić information content (AvgIpc) is 2.28. The summed E-state index contributed by atoms with van der Waals surface area (Å²) in [6.45, 7) is 6.48. The molecular weight excluding hydrogens is 222 g/mol. The van der Waals surface area contributed by atoms with E-state index in [1.165, 1.54) is 7.05 Å². The topological polar surface area (TPSA) is 67.8 Å². The van der Waals surface area contributed by atoms with E-state index in [1.54, 1.807) is 6.92 Å². The zero-order valence-corrected chi connectivity index (χ0v) is 11.3. The van der Waals surface area contributed by atoms with E-state index >= 15 is 0 Å². The predicted molar refractivity (Wildman–Crippen MR) is 65.6 cm³/mol. The fourth-order valence-corrected chi connectivity index (χ4v) is 1.67. The Morgan fingerprint density at radius 2 is 2.00 bits per heavy atom. The Labute approximate surface area is 103 Å². The van der Waals surface area contributed by atoms with Gasteiger partial charge in [0.15, 0.2) is 6.29 Å².